The number of rotatable bonds is 7. The average Bonchev–Trinajstić information content (AvgIpc) is 3.22. The normalized spacial score (nSPS) is 11.1. The van der Waals surface area contributed by atoms with Crippen molar-refractivity contribution in [1.29, 1.82) is 0 Å². The van der Waals surface area contributed by atoms with Crippen LogP contribution in [0.2, 0.25) is 0 Å². The number of anilines is 3. The molecular formula is C50H35N. The first-order valence-corrected chi connectivity index (χ1v) is 17.5. The molecule has 1 heteroatoms. The molecule has 0 aromatic heterocycles. The summed E-state index contributed by atoms with van der Waals surface area (Å²) in [6.07, 6.45) is 0. The van der Waals surface area contributed by atoms with Crippen molar-refractivity contribution < 1.29 is 0 Å². The first-order valence-electron chi connectivity index (χ1n) is 17.5. The lowest BCUT2D eigenvalue weighted by atomic mass is 9.93. The van der Waals surface area contributed by atoms with Crippen molar-refractivity contribution in [2.24, 2.45) is 0 Å². The molecule has 0 unspecified atom stereocenters. The Labute approximate surface area is 299 Å². The van der Waals surface area contributed by atoms with E-state index < -0.39 is 0 Å². The zero-order valence-electron chi connectivity index (χ0n) is 28.2. The maximum Gasteiger partial charge on any atom is 0.0468 e. The van der Waals surface area contributed by atoms with E-state index in [1.807, 2.05) is 0 Å². The lowest BCUT2D eigenvalue weighted by Crippen LogP contribution is -2.10. The van der Waals surface area contributed by atoms with Gasteiger partial charge in [0.2, 0.25) is 0 Å². The van der Waals surface area contributed by atoms with Crippen LogP contribution >= 0.6 is 0 Å². The molecule has 0 bridgehead atoms. The molecule has 51 heavy (non-hydrogen) atoms. The third-order valence-corrected chi connectivity index (χ3v) is 9.85. The highest BCUT2D eigenvalue weighted by Gasteiger charge is 2.18. The first-order chi connectivity index (χ1) is 25.3. The summed E-state index contributed by atoms with van der Waals surface area (Å²) >= 11 is 0. The second-order valence-electron chi connectivity index (χ2n) is 13.0. The summed E-state index contributed by atoms with van der Waals surface area (Å²) in [5.74, 6) is 0. The summed E-state index contributed by atoms with van der Waals surface area (Å²) in [4.78, 5) is 2.38. The molecule has 0 atom stereocenters. The molecule has 0 N–H and O–H groups in total. The van der Waals surface area contributed by atoms with E-state index in [1.54, 1.807) is 0 Å². The second-order valence-corrected chi connectivity index (χ2v) is 13.0. The summed E-state index contributed by atoms with van der Waals surface area (Å²) < 4.78 is 0. The van der Waals surface area contributed by atoms with Gasteiger partial charge in [0.1, 0.15) is 0 Å². The van der Waals surface area contributed by atoms with Crippen molar-refractivity contribution in [3.8, 4) is 44.5 Å². The Morgan fingerprint density at radius 2 is 0.745 bits per heavy atom. The van der Waals surface area contributed by atoms with Gasteiger partial charge in [-0.1, -0.05) is 170 Å². The maximum atomic E-state index is 2.38. The van der Waals surface area contributed by atoms with Gasteiger partial charge in [-0.2, -0.15) is 0 Å². The molecule has 240 valence electrons. The predicted octanol–water partition coefficient (Wildman–Crippen LogP) is 14.1. The monoisotopic (exact) mass is 649 g/mol. The molecule has 0 aliphatic carbocycles. The van der Waals surface area contributed by atoms with E-state index in [4.69, 9.17) is 0 Å². The molecule has 0 saturated heterocycles. The quantitative estimate of drug-likeness (QED) is 0.155. The fourth-order valence-corrected chi connectivity index (χ4v) is 7.38. The molecule has 1 nitrogen and oxygen atoms in total. The topological polar surface area (TPSA) is 3.24 Å². The molecule has 9 aromatic carbocycles. The second kappa shape index (κ2) is 13.3. The average molecular weight is 650 g/mol. The van der Waals surface area contributed by atoms with E-state index in [0.29, 0.717) is 0 Å². The molecule has 0 radical (unpaired) electrons. The minimum Gasteiger partial charge on any atom is -0.310 e. The molecule has 0 saturated carbocycles. The minimum atomic E-state index is 1.10. The molecule has 9 rings (SSSR count). The van der Waals surface area contributed by atoms with Gasteiger partial charge >= 0.3 is 0 Å². The van der Waals surface area contributed by atoms with Gasteiger partial charge in [0, 0.05) is 17.1 Å². The number of hydrogen-bond donors (Lipinski definition) is 0. The van der Waals surface area contributed by atoms with Crippen molar-refractivity contribution in [1.82, 2.24) is 0 Å². The van der Waals surface area contributed by atoms with E-state index in [1.165, 1.54) is 66.1 Å². The van der Waals surface area contributed by atoms with Crippen LogP contribution in [-0.4, -0.2) is 0 Å². The number of benzene rings is 9. The van der Waals surface area contributed by atoms with Crippen molar-refractivity contribution in [3.63, 3.8) is 0 Å². The molecule has 0 aliphatic rings. The zero-order chi connectivity index (χ0) is 34.0. The number of fused-ring (bicyclic) bond motifs is 3. The lowest BCUT2D eigenvalue weighted by Gasteiger charge is -2.27. The van der Waals surface area contributed by atoms with E-state index in [2.05, 4.69) is 217 Å². The number of nitrogens with zero attached hydrogens (tertiary/aromatic N) is 1. The van der Waals surface area contributed by atoms with Crippen LogP contribution in [0, 0.1) is 0 Å². The van der Waals surface area contributed by atoms with E-state index in [-0.39, 0.29) is 0 Å². The molecule has 0 aliphatic heterocycles. The van der Waals surface area contributed by atoms with Crippen LogP contribution in [0.3, 0.4) is 0 Å². The lowest BCUT2D eigenvalue weighted by molar-refractivity contribution is 1.28. The van der Waals surface area contributed by atoms with E-state index in [0.717, 1.165) is 17.1 Å². The van der Waals surface area contributed by atoms with E-state index in [9.17, 15) is 0 Å². The standard InChI is InChI=1S/C50H35N/c1-4-15-36(16-5-1)40-22-14-23-43(33-40)51(44-31-32-46(37-17-6-2-7-18-37)50(35-44)38-19-8-3-9-20-38)42-29-27-39(28-30-42)49-34-41-21-10-11-24-45(41)47-25-12-13-26-48(47)49/h1-35H. The largest absolute Gasteiger partial charge is 0.310 e. The first kappa shape index (κ1) is 30.4. The fraction of sp³-hybridized carbons (Fsp3) is 0. The molecule has 0 heterocycles. The Bertz CT molecular complexity index is 2610. The summed E-state index contributed by atoms with van der Waals surface area (Å²) in [6.45, 7) is 0. The van der Waals surface area contributed by atoms with Gasteiger partial charge in [0.15, 0.2) is 0 Å². The molecule has 0 fully saturated rings. The zero-order valence-corrected chi connectivity index (χ0v) is 28.2. The molecule has 9 aromatic rings. The van der Waals surface area contributed by atoms with Crippen LogP contribution < -0.4 is 4.90 Å². The van der Waals surface area contributed by atoms with Crippen molar-refractivity contribution in [2.75, 3.05) is 4.90 Å². The highest BCUT2D eigenvalue weighted by Crippen LogP contribution is 2.43. The Balaban J connectivity index is 1.21. The minimum absolute atomic E-state index is 1.10. The smallest absolute Gasteiger partial charge is 0.0468 e. The highest BCUT2D eigenvalue weighted by atomic mass is 15.1. The van der Waals surface area contributed by atoms with Gasteiger partial charge in [-0.15, -0.1) is 0 Å². The van der Waals surface area contributed by atoms with Crippen LogP contribution in [0.25, 0.3) is 66.1 Å². The Hall–Kier alpha value is -6.70. The molecular weight excluding hydrogens is 615 g/mol. The van der Waals surface area contributed by atoms with Crippen LogP contribution in [0.15, 0.2) is 212 Å². The molecule has 0 spiro atoms. The van der Waals surface area contributed by atoms with Gasteiger partial charge in [-0.3, -0.25) is 0 Å². The van der Waals surface area contributed by atoms with Gasteiger partial charge in [0.05, 0.1) is 0 Å². The van der Waals surface area contributed by atoms with Crippen LogP contribution in [0.5, 0.6) is 0 Å². The summed E-state index contributed by atoms with van der Waals surface area (Å²) in [5, 5.41) is 5.08. The van der Waals surface area contributed by atoms with Crippen LogP contribution in [-0.2, 0) is 0 Å². The van der Waals surface area contributed by atoms with Crippen molar-refractivity contribution in [2.45, 2.75) is 0 Å². The number of hydrogen-bond acceptors (Lipinski definition) is 1. The fourth-order valence-electron chi connectivity index (χ4n) is 7.38. The van der Waals surface area contributed by atoms with Crippen LogP contribution in [0.4, 0.5) is 17.1 Å². The Morgan fingerprint density at radius 3 is 1.45 bits per heavy atom. The van der Waals surface area contributed by atoms with Gasteiger partial charge in [-0.05, 0) is 109 Å². The Kier molecular flexibility index (Phi) is 7.92. The van der Waals surface area contributed by atoms with Crippen molar-refractivity contribution >= 4 is 38.6 Å². The summed E-state index contributed by atoms with van der Waals surface area (Å²) in [6, 6.07) is 76.6. The summed E-state index contributed by atoms with van der Waals surface area (Å²) in [7, 11) is 0. The van der Waals surface area contributed by atoms with Gasteiger partial charge < -0.3 is 4.90 Å². The SMILES string of the molecule is c1ccc(-c2cccc(N(c3ccc(-c4cc5ccccc5c5ccccc45)cc3)c3ccc(-c4ccccc4)c(-c4ccccc4)c3)c2)cc1. The molecule has 0 amide bonds. The van der Waals surface area contributed by atoms with Gasteiger partial charge in [0.25, 0.3) is 0 Å². The summed E-state index contributed by atoms with van der Waals surface area (Å²) in [5.41, 5.74) is 12.9. The third-order valence-electron chi connectivity index (χ3n) is 9.85. The Morgan fingerprint density at radius 1 is 0.235 bits per heavy atom. The van der Waals surface area contributed by atoms with Crippen molar-refractivity contribution in [3.05, 3.63) is 212 Å². The predicted molar refractivity (Wildman–Crippen MR) is 218 cm³/mol. The highest BCUT2D eigenvalue weighted by molar-refractivity contribution is 6.13. The third kappa shape index (κ3) is 5.86. The van der Waals surface area contributed by atoms with Gasteiger partial charge in [-0.25, -0.2) is 0 Å². The van der Waals surface area contributed by atoms with E-state index >= 15 is 0 Å². The maximum absolute atomic E-state index is 2.38. The van der Waals surface area contributed by atoms with Crippen LogP contribution in [0.1, 0.15) is 0 Å².